The molecule has 0 unspecified atom stereocenters. The summed E-state index contributed by atoms with van der Waals surface area (Å²) in [5.74, 6) is 0.983. The predicted octanol–water partition coefficient (Wildman–Crippen LogP) is 5.38. The molecular weight excluding hydrogens is 306 g/mol. The summed E-state index contributed by atoms with van der Waals surface area (Å²) >= 11 is 1.82. The van der Waals surface area contributed by atoms with Gasteiger partial charge in [0.1, 0.15) is 0 Å². The Morgan fingerprint density at radius 2 is 1.96 bits per heavy atom. The molecule has 0 N–H and O–H groups in total. The van der Waals surface area contributed by atoms with E-state index in [4.69, 9.17) is 4.74 Å². The van der Waals surface area contributed by atoms with E-state index in [9.17, 15) is 4.79 Å². The number of hydrogen-bond donors (Lipinski definition) is 0. The number of carbonyl (C=O) groups excluding carboxylic acids is 1. The van der Waals surface area contributed by atoms with Crippen molar-refractivity contribution in [3.05, 3.63) is 23.3 Å². The second-order valence-electron chi connectivity index (χ2n) is 5.88. The Bertz CT molecular complexity index is 374. The van der Waals surface area contributed by atoms with Gasteiger partial charge in [-0.05, 0) is 33.6 Å². The molecule has 1 aliphatic heterocycles. The molecule has 4 heteroatoms. The van der Waals surface area contributed by atoms with Crippen LogP contribution < -0.4 is 0 Å². The average molecular weight is 342 g/mol. The summed E-state index contributed by atoms with van der Waals surface area (Å²) in [4.78, 5) is 11.4. The van der Waals surface area contributed by atoms with Gasteiger partial charge in [-0.15, -0.1) is 0 Å². The van der Waals surface area contributed by atoms with Crippen LogP contribution in [-0.2, 0) is 9.53 Å². The monoisotopic (exact) mass is 341 g/mol. The maximum atomic E-state index is 11.4. The number of nitrogens with zero attached hydrogens (tertiary/aromatic N) is 1. The van der Waals surface area contributed by atoms with E-state index in [-0.39, 0.29) is 5.97 Å². The van der Waals surface area contributed by atoms with Crippen LogP contribution in [0.3, 0.4) is 0 Å². The van der Waals surface area contributed by atoms with Crippen LogP contribution in [0, 0.1) is 0 Å². The van der Waals surface area contributed by atoms with Gasteiger partial charge < -0.3 is 4.74 Å². The molecule has 0 aromatic rings. The van der Waals surface area contributed by atoms with Crippen LogP contribution >= 0.6 is 11.9 Å². The Balaban J connectivity index is 0.000000515. The van der Waals surface area contributed by atoms with Crippen LogP contribution in [0.5, 0.6) is 0 Å². The van der Waals surface area contributed by atoms with Gasteiger partial charge in [-0.25, -0.2) is 9.10 Å². The molecule has 0 aromatic carbocycles. The Morgan fingerprint density at radius 1 is 1.26 bits per heavy atom. The Labute approximate surface area is 147 Å². The van der Waals surface area contributed by atoms with Crippen molar-refractivity contribution in [2.45, 2.75) is 66.7 Å². The molecule has 0 aromatic heterocycles. The smallest absolute Gasteiger partial charge is 0.335 e. The maximum Gasteiger partial charge on any atom is 0.335 e. The maximum absolute atomic E-state index is 11.4. The molecule has 0 atom stereocenters. The SMILES string of the molecule is CCCCC=C(C)C.CCCCSN1CC=C(C(=O)OCC)C1. The molecule has 3 nitrogen and oxygen atoms in total. The Kier molecular flexibility index (Phi) is 14.4. The van der Waals surface area contributed by atoms with Gasteiger partial charge in [-0.1, -0.05) is 62.8 Å². The molecule has 0 radical (unpaired) electrons. The van der Waals surface area contributed by atoms with E-state index in [0.29, 0.717) is 6.61 Å². The number of ether oxygens (including phenoxy) is 1. The zero-order valence-corrected chi connectivity index (χ0v) is 16.5. The van der Waals surface area contributed by atoms with Crippen LogP contribution in [0.2, 0.25) is 0 Å². The molecule has 0 bridgehead atoms. The van der Waals surface area contributed by atoms with Crippen molar-refractivity contribution in [3.8, 4) is 0 Å². The molecule has 0 spiro atoms. The van der Waals surface area contributed by atoms with E-state index in [1.807, 2.05) is 24.9 Å². The summed E-state index contributed by atoms with van der Waals surface area (Å²) in [5.41, 5.74) is 2.25. The van der Waals surface area contributed by atoms with Crippen LogP contribution in [-0.4, -0.2) is 35.7 Å². The van der Waals surface area contributed by atoms with Crippen LogP contribution in [0.15, 0.2) is 23.3 Å². The number of unbranched alkanes of at least 4 members (excludes halogenated alkanes) is 3. The molecule has 134 valence electrons. The quantitative estimate of drug-likeness (QED) is 0.244. The van der Waals surface area contributed by atoms with Crippen molar-refractivity contribution in [1.29, 1.82) is 0 Å². The minimum absolute atomic E-state index is 0.156. The highest BCUT2D eigenvalue weighted by Crippen LogP contribution is 2.20. The van der Waals surface area contributed by atoms with Crippen LogP contribution in [0.25, 0.3) is 0 Å². The minimum Gasteiger partial charge on any atom is -0.463 e. The Morgan fingerprint density at radius 3 is 2.52 bits per heavy atom. The number of esters is 1. The number of allylic oxidation sites excluding steroid dienone is 2. The second kappa shape index (κ2) is 14.8. The third kappa shape index (κ3) is 12.4. The molecule has 0 fully saturated rings. The largest absolute Gasteiger partial charge is 0.463 e. The highest BCUT2D eigenvalue weighted by molar-refractivity contribution is 7.97. The van der Waals surface area contributed by atoms with Gasteiger partial charge in [-0.2, -0.15) is 0 Å². The fourth-order valence-corrected chi connectivity index (χ4v) is 3.02. The van der Waals surface area contributed by atoms with Crippen molar-refractivity contribution < 1.29 is 9.53 Å². The topological polar surface area (TPSA) is 29.5 Å². The van der Waals surface area contributed by atoms with Crippen molar-refractivity contribution in [1.82, 2.24) is 4.31 Å². The summed E-state index contributed by atoms with van der Waals surface area (Å²) in [7, 11) is 0. The van der Waals surface area contributed by atoms with Crippen molar-refractivity contribution in [2.75, 3.05) is 25.4 Å². The molecule has 0 aliphatic carbocycles. The van der Waals surface area contributed by atoms with Crippen molar-refractivity contribution in [2.24, 2.45) is 0 Å². The zero-order valence-electron chi connectivity index (χ0n) is 15.7. The molecule has 1 aliphatic rings. The van der Waals surface area contributed by atoms with Crippen molar-refractivity contribution >= 4 is 17.9 Å². The van der Waals surface area contributed by atoms with Crippen LogP contribution in [0.4, 0.5) is 0 Å². The van der Waals surface area contributed by atoms with Gasteiger partial charge in [0, 0.05) is 24.4 Å². The summed E-state index contributed by atoms with van der Waals surface area (Å²) in [5, 5.41) is 0. The lowest BCUT2D eigenvalue weighted by Crippen LogP contribution is -2.16. The zero-order chi connectivity index (χ0) is 17.5. The number of rotatable bonds is 9. The second-order valence-corrected chi connectivity index (χ2v) is 7.07. The third-order valence-electron chi connectivity index (χ3n) is 3.31. The van der Waals surface area contributed by atoms with Gasteiger partial charge >= 0.3 is 5.97 Å². The minimum atomic E-state index is -0.156. The normalized spacial score (nSPS) is 13.9. The lowest BCUT2D eigenvalue weighted by Gasteiger charge is -2.13. The van der Waals surface area contributed by atoms with Gasteiger partial charge in [0.15, 0.2) is 0 Å². The molecule has 0 amide bonds. The fourth-order valence-electron chi connectivity index (χ4n) is 1.93. The molecule has 0 saturated heterocycles. The highest BCUT2D eigenvalue weighted by atomic mass is 32.2. The first-order valence-electron chi connectivity index (χ1n) is 8.92. The first-order valence-corrected chi connectivity index (χ1v) is 9.86. The van der Waals surface area contributed by atoms with E-state index in [0.717, 1.165) is 24.4 Å². The van der Waals surface area contributed by atoms with E-state index >= 15 is 0 Å². The first kappa shape index (κ1) is 22.3. The molecule has 1 rings (SSSR count). The lowest BCUT2D eigenvalue weighted by atomic mass is 10.2. The van der Waals surface area contributed by atoms with Gasteiger partial charge in [0.25, 0.3) is 0 Å². The van der Waals surface area contributed by atoms with Gasteiger partial charge in [0.2, 0.25) is 0 Å². The summed E-state index contributed by atoms with van der Waals surface area (Å²) in [6, 6.07) is 0. The standard InChI is InChI=1S/C11H19NO2S.C8H16/c1-3-5-8-15-12-7-6-10(9-12)11(13)14-4-2;1-4-5-6-7-8(2)3/h6H,3-5,7-9H2,1-2H3;7H,4-6H2,1-3H3. The lowest BCUT2D eigenvalue weighted by molar-refractivity contribution is -0.138. The first-order chi connectivity index (χ1) is 11.0. The van der Waals surface area contributed by atoms with E-state index in [2.05, 4.69) is 38.1 Å². The van der Waals surface area contributed by atoms with Gasteiger partial charge in [-0.3, -0.25) is 0 Å². The summed E-state index contributed by atoms with van der Waals surface area (Å²) < 4.78 is 7.17. The average Bonchev–Trinajstić information content (AvgIpc) is 2.97. The van der Waals surface area contributed by atoms with E-state index in [1.165, 1.54) is 37.7 Å². The van der Waals surface area contributed by atoms with Crippen LogP contribution in [0.1, 0.15) is 66.7 Å². The molecule has 1 heterocycles. The van der Waals surface area contributed by atoms with Gasteiger partial charge in [0.05, 0.1) is 6.61 Å². The van der Waals surface area contributed by atoms with Crippen molar-refractivity contribution in [3.63, 3.8) is 0 Å². The molecular formula is C19H35NO2S. The molecule has 0 saturated carbocycles. The summed E-state index contributed by atoms with van der Waals surface area (Å²) in [6.45, 7) is 12.6. The number of carbonyl (C=O) groups is 1. The predicted molar refractivity (Wildman–Crippen MR) is 103 cm³/mol. The third-order valence-corrected chi connectivity index (χ3v) is 4.42. The Hall–Kier alpha value is -0.740. The molecule has 23 heavy (non-hydrogen) atoms. The fraction of sp³-hybridized carbons (Fsp3) is 0.737. The number of hydrogen-bond acceptors (Lipinski definition) is 4. The van der Waals surface area contributed by atoms with E-state index in [1.54, 1.807) is 0 Å². The van der Waals surface area contributed by atoms with E-state index < -0.39 is 0 Å². The summed E-state index contributed by atoms with van der Waals surface area (Å²) in [6.07, 6.45) is 10.6. The highest BCUT2D eigenvalue weighted by Gasteiger charge is 2.20.